The second-order valence-corrected chi connectivity index (χ2v) is 6.24. The van der Waals surface area contributed by atoms with Crippen LogP contribution in [0.25, 0.3) is 0 Å². The van der Waals surface area contributed by atoms with Crippen molar-refractivity contribution in [1.29, 1.82) is 0 Å². The molecule has 0 saturated heterocycles. The van der Waals surface area contributed by atoms with Crippen LogP contribution in [0.2, 0.25) is 0 Å². The highest BCUT2D eigenvalue weighted by Gasteiger charge is 2.07. The molecule has 0 aliphatic carbocycles. The standard InChI is InChI=1S/C23H20N4O/c1-17-9-5-6-12-19(17)26-23-24-16-15-22(27-23)25-20-13-7-8-14-21(20)28-18-10-3-2-4-11-18/h2-16H,1H3,(H2,24,25,26,27). The summed E-state index contributed by atoms with van der Waals surface area (Å²) in [5, 5.41) is 6.58. The van der Waals surface area contributed by atoms with Gasteiger partial charge in [-0.25, -0.2) is 4.98 Å². The molecule has 0 atom stereocenters. The van der Waals surface area contributed by atoms with Gasteiger partial charge in [-0.3, -0.25) is 0 Å². The van der Waals surface area contributed by atoms with Crippen molar-refractivity contribution in [2.24, 2.45) is 0 Å². The lowest BCUT2D eigenvalue weighted by atomic mass is 10.2. The van der Waals surface area contributed by atoms with E-state index in [4.69, 9.17) is 4.74 Å². The van der Waals surface area contributed by atoms with Crippen molar-refractivity contribution in [3.63, 3.8) is 0 Å². The first-order chi connectivity index (χ1) is 13.8. The van der Waals surface area contributed by atoms with Gasteiger partial charge in [0.2, 0.25) is 5.95 Å². The fourth-order valence-electron chi connectivity index (χ4n) is 2.73. The predicted octanol–water partition coefficient (Wildman–Crippen LogP) is 6.06. The third-order valence-electron chi connectivity index (χ3n) is 4.17. The molecular weight excluding hydrogens is 348 g/mol. The van der Waals surface area contributed by atoms with E-state index in [9.17, 15) is 0 Å². The lowest BCUT2D eigenvalue weighted by molar-refractivity contribution is 0.485. The van der Waals surface area contributed by atoms with Gasteiger partial charge in [-0.1, -0.05) is 48.5 Å². The average molecular weight is 368 g/mol. The van der Waals surface area contributed by atoms with Gasteiger partial charge in [0.25, 0.3) is 0 Å². The molecule has 0 saturated carbocycles. The Morgan fingerprint density at radius 2 is 1.43 bits per heavy atom. The number of nitrogens with one attached hydrogen (secondary N) is 2. The van der Waals surface area contributed by atoms with Gasteiger partial charge >= 0.3 is 0 Å². The summed E-state index contributed by atoms with van der Waals surface area (Å²) in [6.07, 6.45) is 1.72. The number of rotatable bonds is 6. The topological polar surface area (TPSA) is 59.1 Å². The van der Waals surface area contributed by atoms with Crippen LogP contribution in [-0.2, 0) is 0 Å². The highest BCUT2D eigenvalue weighted by molar-refractivity contribution is 5.66. The molecule has 138 valence electrons. The number of aryl methyl sites for hydroxylation is 1. The summed E-state index contributed by atoms with van der Waals surface area (Å²) in [4.78, 5) is 8.88. The second kappa shape index (κ2) is 8.22. The van der Waals surface area contributed by atoms with E-state index in [-0.39, 0.29) is 0 Å². The second-order valence-electron chi connectivity index (χ2n) is 6.24. The highest BCUT2D eigenvalue weighted by atomic mass is 16.5. The Morgan fingerprint density at radius 1 is 0.714 bits per heavy atom. The van der Waals surface area contributed by atoms with Crippen LogP contribution in [0.5, 0.6) is 11.5 Å². The molecule has 0 aliphatic heterocycles. The zero-order valence-electron chi connectivity index (χ0n) is 15.5. The van der Waals surface area contributed by atoms with E-state index in [1.807, 2.05) is 91.9 Å². The van der Waals surface area contributed by atoms with Crippen molar-refractivity contribution in [1.82, 2.24) is 9.97 Å². The lowest BCUT2D eigenvalue weighted by Gasteiger charge is -2.13. The Bertz CT molecular complexity index is 1070. The van der Waals surface area contributed by atoms with Crippen molar-refractivity contribution in [2.75, 3.05) is 10.6 Å². The van der Waals surface area contributed by atoms with Crippen LogP contribution in [0, 0.1) is 6.92 Å². The van der Waals surface area contributed by atoms with Crippen LogP contribution >= 0.6 is 0 Å². The van der Waals surface area contributed by atoms with Gasteiger partial charge in [-0.05, 0) is 48.9 Å². The molecule has 1 aromatic heterocycles. The SMILES string of the molecule is Cc1ccccc1Nc1nccc(Nc2ccccc2Oc2ccccc2)n1. The number of hydrogen-bond donors (Lipinski definition) is 2. The molecule has 0 amide bonds. The number of benzene rings is 3. The summed E-state index contributed by atoms with van der Waals surface area (Å²) in [5.41, 5.74) is 2.94. The van der Waals surface area contributed by atoms with Crippen molar-refractivity contribution in [2.45, 2.75) is 6.92 Å². The molecule has 1 heterocycles. The predicted molar refractivity (Wildman–Crippen MR) is 113 cm³/mol. The molecule has 0 bridgehead atoms. The van der Waals surface area contributed by atoms with E-state index < -0.39 is 0 Å². The maximum atomic E-state index is 6.00. The maximum absolute atomic E-state index is 6.00. The van der Waals surface area contributed by atoms with Gasteiger partial charge in [-0.2, -0.15) is 4.98 Å². The minimum atomic E-state index is 0.528. The van der Waals surface area contributed by atoms with Gasteiger partial charge in [-0.15, -0.1) is 0 Å². The Labute approximate surface area is 164 Å². The van der Waals surface area contributed by atoms with E-state index in [2.05, 4.69) is 20.6 Å². The molecule has 0 aliphatic rings. The van der Waals surface area contributed by atoms with Gasteiger partial charge in [0.05, 0.1) is 5.69 Å². The Kier molecular flexibility index (Phi) is 5.15. The van der Waals surface area contributed by atoms with Crippen LogP contribution in [0.3, 0.4) is 0 Å². The van der Waals surface area contributed by atoms with E-state index in [0.717, 1.165) is 28.4 Å². The summed E-state index contributed by atoms with van der Waals surface area (Å²) in [5.74, 6) is 2.71. The molecule has 0 unspecified atom stereocenters. The minimum Gasteiger partial charge on any atom is -0.455 e. The Hall–Kier alpha value is -3.86. The van der Waals surface area contributed by atoms with Crippen molar-refractivity contribution >= 4 is 23.1 Å². The number of aromatic nitrogens is 2. The van der Waals surface area contributed by atoms with Crippen LogP contribution in [0.15, 0.2) is 91.1 Å². The third kappa shape index (κ3) is 4.27. The minimum absolute atomic E-state index is 0.528. The molecular formula is C23H20N4O. The third-order valence-corrected chi connectivity index (χ3v) is 4.17. The molecule has 0 spiro atoms. The van der Waals surface area contributed by atoms with Crippen LogP contribution in [0.1, 0.15) is 5.56 Å². The first kappa shape index (κ1) is 17.5. The summed E-state index contributed by atoms with van der Waals surface area (Å²) in [7, 11) is 0. The van der Waals surface area contributed by atoms with E-state index in [1.54, 1.807) is 6.20 Å². The normalized spacial score (nSPS) is 10.3. The smallest absolute Gasteiger partial charge is 0.229 e. The highest BCUT2D eigenvalue weighted by Crippen LogP contribution is 2.31. The molecule has 28 heavy (non-hydrogen) atoms. The zero-order valence-corrected chi connectivity index (χ0v) is 15.5. The molecule has 4 aromatic rings. The van der Waals surface area contributed by atoms with Crippen molar-refractivity contribution in [3.8, 4) is 11.5 Å². The molecule has 3 aromatic carbocycles. The molecule has 0 fully saturated rings. The monoisotopic (exact) mass is 368 g/mol. The average Bonchev–Trinajstić information content (AvgIpc) is 2.72. The molecule has 5 nitrogen and oxygen atoms in total. The maximum Gasteiger partial charge on any atom is 0.229 e. The zero-order chi connectivity index (χ0) is 19.2. The Balaban J connectivity index is 1.54. The fourth-order valence-corrected chi connectivity index (χ4v) is 2.73. The number of hydrogen-bond acceptors (Lipinski definition) is 5. The molecule has 4 rings (SSSR count). The number of ether oxygens (including phenoxy) is 1. The van der Waals surface area contributed by atoms with E-state index in [1.165, 1.54) is 0 Å². The van der Waals surface area contributed by atoms with Gasteiger partial charge in [0, 0.05) is 11.9 Å². The number of anilines is 4. The van der Waals surface area contributed by atoms with Gasteiger partial charge < -0.3 is 15.4 Å². The fraction of sp³-hybridized carbons (Fsp3) is 0.0435. The largest absolute Gasteiger partial charge is 0.455 e. The summed E-state index contributed by atoms with van der Waals surface area (Å²) >= 11 is 0. The summed E-state index contributed by atoms with van der Waals surface area (Å²) in [6.45, 7) is 2.04. The number of nitrogens with zero attached hydrogens (tertiary/aromatic N) is 2. The van der Waals surface area contributed by atoms with E-state index in [0.29, 0.717) is 11.8 Å². The summed E-state index contributed by atoms with van der Waals surface area (Å²) in [6, 6.07) is 27.3. The van der Waals surface area contributed by atoms with Gasteiger partial charge in [0.1, 0.15) is 11.6 Å². The van der Waals surface area contributed by atoms with Gasteiger partial charge in [0.15, 0.2) is 5.75 Å². The Morgan fingerprint density at radius 3 is 2.25 bits per heavy atom. The van der Waals surface area contributed by atoms with Crippen molar-refractivity contribution in [3.05, 3.63) is 96.7 Å². The first-order valence-corrected chi connectivity index (χ1v) is 9.02. The first-order valence-electron chi connectivity index (χ1n) is 9.02. The number of para-hydroxylation sites is 4. The molecule has 0 radical (unpaired) electrons. The van der Waals surface area contributed by atoms with Crippen LogP contribution in [0.4, 0.5) is 23.1 Å². The molecule has 5 heteroatoms. The van der Waals surface area contributed by atoms with Crippen molar-refractivity contribution < 1.29 is 4.74 Å². The summed E-state index contributed by atoms with van der Waals surface area (Å²) < 4.78 is 6.00. The van der Waals surface area contributed by atoms with Crippen LogP contribution < -0.4 is 15.4 Å². The van der Waals surface area contributed by atoms with E-state index >= 15 is 0 Å². The lowest BCUT2D eigenvalue weighted by Crippen LogP contribution is -2.02. The quantitative estimate of drug-likeness (QED) is 0.433. The van der Waals surface area contributed by atoms with Crippen LogP contribution in [-0.4, -0.2) is 9.97 Å². The molecule has 2 N–H and O–H groups in total.